The van der Waals surface area contributed by atoms with E-state index in [0.717, 1.165) is 116 Å². The van der Waals surface area contributed by atoms with Gasteiger partial charge in [0.15, 0.2) is 0 Å². The van der Waals surface area contributed by atoms with Gasteiger partial charge in [0.2, 0.25) is 0 Å². The van der Waals surface area contributed by atoms with Crippen LogP contribution in [0.15, 0.2) is 72.9 Å². The van der Waals surface area contributed by atoms with Crippen LogP contribution in [0, 0.1) is 0 Å². The van der Waals surface area contributed by atoms with E-state index < -0.39 is 0 Å². The Labute approximate surface area is 369 Å². The van der Waals surface area contributed by atoms with Gasteiger partial charge < -0.3 is 14.2 Å². The molecule has 0 aromatic carbocycles. The van der Waals surface area contributed by atoms with Gasteiger partial charge in [-0.05, 0) is 129 Å². The van der Waals surface area contributed by atoms with E-state index in [1.54, 1.807) is 0 Å². The first-order valence-electron chi connectivity index (χ1n) is 24.9. The molecule has 0 saturated heterocycles. The molecule has 0 radical (unpaired) electrons. The summed E-state index contributed by atoms with van der Waals surface area (Å²) in [6.07, 6.45) is 62.1. The zero-order valence-electron chi connectivity index (χ0n) is 38.9. The van der Waals surface area contributed by atoms with E-state index in [1.165, 1.54) is 77.0 Å². The van der Waals surface area contributed by atoms with Gasteiger partial charge in [0, 0.05) is 25.7 Å². The van der Waals surface area contributed by atoms with Gasteiger partial charge >= 0.3 is 17.9 Å². The highest BCUT2D eigenvalue weighted by Gasteiger charge is 2.13. The number of allylic oxidation sites excluding steroid dienone is 11. The molecule has 0 bridgehead atoms. The fourth-order valence-corrected chi connectivity index (χ4v) is 7.37. The van der Waals surface area contributed by atoms with Crippen LogP contribution in [-0.4, -0.2) is 36.2 Å². The molecule has 0 aromatic heterocycles. The zero-order valence-corrected chi connectivity index (χ0v) is 38.9. The molecule has 3 rings (SSSR count). The maximum atomic E-state index is 11.8. The number of carbonyl (C=O) groups excluding carboxylic acids is 3. The highest BCUT2D eigenvalue weighted by atomic mass is 16.5. The van der Waals surface area contributed by atoms with Crippen molar-refractivity contribution >= 4 is 17.9 Å². The Morgan fingerprint density at radius 2 is 0.800 bits per heavy atom. The molecule has 0 saturated carbocycles. The Bertz CT molecular complexity index is 1210. The van der Waals surface area contributed by atoms with Crippen LogP contribution in [0.1, 0.15) is 233 Å². The van der Waals surface area contributed by atoms with Gasteiger partial charge in [-0.25, -0.2) is 0 Å². The van der Waals surface area contributed by atoms with Crippen LogP contribution in [0.3, 0.4) is 0 Å². The fourth-order valence-electron chi connectivity index (χ4n) is 7.37. The molecule has 0 aromatic rings. The summed E-state index contributed by atoms with van der Waals surface area (Å²) < 4.78 is 16.5. The van der Waals surface area contributed by atoms with Crippen molar-refractivity contribution in [2.45, 2.75) is 251 Å². The average molecular weight is 835 g/mol. The first kappa shape index (κ1) is 54.9. The van der Waals surface area contributed by atoms with Crippen molar-refractivity contribution in [1.82, 2.24) is 0 Å². The number of carbonyl (C=O) groups is 3. The summed E-state index contributed by atoms with van der Waals surface area (Å²) in [6.45, 7) is 6.23. The molecule has 6 nitrogen and oxygen atoms in total. The van der Waals surface area contributed by atoms with Crippen LogP contribution in [0.5, 0.6) is 0 Å². The maximum absolute atomic E-state index is 11.8. The fraction of sp³-hybridized carbons (Fsp3) is 0.722. The number of esters is 3. The lowest BCUT2D eigenvalue weighted by atomic mass is 10.1. The Morgan fingerprint density at radius 1 is 0.417 bits per heavy atom. The predicted octanol–water partition coefficient (Wildman–Crippen LogP) is 16.0. The number of hydrogen-bond acceptors (Lipinski definition) is 6. The van der Waals surface area contributed by atoms with E-state index in [0.29, 0.717) is 19.3 Å². The molecule has 60 heavy (non-hydrogen) atoms. The molecule has 3 atom stereocenters. The lowest BCUT2D eigenvalue weighted by Crippen LogP contribution is -2.17. The van der Waals surface area contributed by atoms with Gasteiger partial charge in [-0.1, -0.05) is 151 Å². The Hall–Kier alpha value is -3.15. The van der Waals surface area contributed by atoms with Crippen molar-refractivity contribution in [3.8, 4) is 0 Å². The van der Waals surface area contributed by atoms with Gasteiger partial charge in [-0.3, -0.25) is 14.4 Å². The third kappa shape index (κ3) is 37.8. The van der Waals surface area contributed by atoms with E-state index in [4.69, 9.17) is 14.2 Å². The number of hydrogen-bond donors (Lipinski definition) is 0. The maximum Gasteiger partial charge on any atom is 0.306 e. The van der Waals surface area contributed by atoms with Crippen LogP contribution < -0.4 is 0 Å². The molecular formula is C54H90O6. The Balaban J connectivity index is 0.000000450. The number of ether oxygens (including phenoxy) is 3. The molecule has 0 spiro atoms. The van der Waals surface area contributed by atoms with Gasteiger partial charge in [-0.2, -0.15) is 0 Å². The molecular weight excluding hydrogens is 745 g/mol. The van der Waals surface area contributed by atoms with Gasteiger partial charge in [-0.15, -0.1) is 0 Å². The van der Waals surface area contributed by atoms with Crippen LogP contribution in [0.2, 0.25) is 0 Å². The zero-order chi connectivity index (χ0) is 43.4. The van der Waals surface area contributed by atoms with E-state index >= 15 is 0 Å². The largest absolute Gasteiger partial charge is 0.463 e. The summed E-state index contributed by atoms with van der Waals surface area (Å²) in [5.41, 5.74) is 0. The molecule has 0 N–H and O–H groups in total. The minimum absolute atomic E-state index is 0.00758. The van der Waals surface area contributed by atoms with Crippen molar-refractivity contribution < 1.29 is 28.6 Å². The minimum atomic E-state index is -0.0166. The summed E-state index contributed by atoms with van der Waals surface area (Å²) in [5.74, 6) is -0.0345. The summed E-state index contributed by atoms with van der Waals surface area (Å²) in [4.78, 5) is 35.2. The van der Waals surface area contributed by atoms with E-state index in [1.807, 2.05) is 6.92 Å². The summed E-state index contributed by atoms with van der Waals surface area (Å²) in [6, 6.07) is 0. The van der Waals surface area contributed by atoms with Crippen LogP contribution >= 0.6 is 0 Å². The van der Waals surface area contributed by atoms with Gasteiger partial charge in [0.1, 0.15) is 12.2 Å². The quantitative estimate of drug-likeness (QED) is 0.160. The first-order valence-corrected chi connectivity index (χ1v) is 24.9. The lowest BCUT2D eigenvalue weighted by Gasteiger charge is -2.15. The molecule has 3 unspecified atom stereocenters. The van der Waals surface area contributed by atoms with Crippen molar-refractivity contribution in [3.63, 3.8) is 0 Å². The standard InChI is InChI=1S/3C18H30O2/c1-17-15-13-11-9-7-5-3-2-4-6-8-10-12-14-16-18(19)20-17;1-2-17-15-13-11-9-7-5-3-4-6-8-10-12-14-16-18(19)20-17;1-2-14-17-15-12-10-8-6-4-3-5-7-9-11-13-16-18(19)20-17/h2-3,7,9,17H,4-6,8,10-16H2,1H3;3,5,9,11,17H,2,4,6-8,10,12-16H2,1H3;4,6,10,12,17H,2-3,5,7-9,11,13-16H2,1H3/b3-2-,9-7-;5-3-,11-9-;6-4-,12-10-. The second-order valence-corrected chi connectivity index (χ2v) is 16.9. The first-order chi connectivity index (χ1) is 29.4. The van der Waals surface area contributed by atoms with E-state index in [-0.39, 0.29) is 36.2 Å². The monoisotopic (exact) mass is 835 g/mol. The van der Waals surface area contributed by atoms with Crippen LogP contribution in [0.25, 0.3) is 0 Å². The SMILES string of the molecule is CC1CCC/C=C\C/C=C\CCCCCCCC(=O)O1.CCC1CC/C=C\C/C=C\CCCCCCCC(=O)O1.CCCC1C/C=C\C/C=C\CCCCCCCC(=O)O1. The molecule has 6 heteroatoms. The third-order valence-electron chi connectivity index (χ3n) is 11.1. The smallest absolute Gasteiger partial charge is 0.306 e. The number of cyclic esters (lactones) is 3. The molecule has 3 aliphatic heterocycles. The minimum Gasteiger partial charge on any atom is -0.463 e. The molecule has 0 fully saturated rings. The van der Waals surface area contributed by atoms with Crippen molar-refractivity contribution in [3.05, 3.63) is 72.9 Å². The van der Waals surface area contributed by atoms with Crippen LogP contribution in [-0.2, 0) is 28.6 Å². The second-order valence-electron chi connectivity index (χ2n) is 16.9. The highest BCUT2D eigenvalue weighted by Crippen LogP contribution is 2.16. The predicted molar refractivity (Wildman–Crippen MR) is 254 cm³/mol. The Morgan fingerprint density at radius 3 is 1.27 bits per heavy atom. The van der Waals surface area contributed by atoms with E-state index in [2.05, 4.69) is 86.8 Å². The van der Waals surface area contributed by atoms with E-state index in [9.17, 15) is 14.4 Å². The average Bonchev–Trinajstić information content (AvgIpc) is 3.23. The molecule has 3 aliphatic rings. The molecule has 3 heterocycles. The third-order valence-corrected chi connectivity index (χ3v) is 11.1. The van der Waals surface area contributed by atoms with Crippen molar-refractivity contribution in [2.75, 3.05) is 0 Å². The van der Waals surface area contributed by atoms with Gasteiger partial charge in [0.25, 0.3) is 0 Å². The molecule has 0 amide bonds. The normalized spacial score (nSPS) is 27.2. The summed E-state index contributed by atoms with van der Waals surface area (Å²) in [5, 5.41) is 0. The topological polar surface area (TPSA) is 78.9 Å². The van der Waals surface area contributed by atoms with Crippen molar-refractivity contribution in [1.29, 1.82) is 0 Å². The lowest BCUT2D eigenvalue weighted by molar-refractivity contribution is -0.150. The number of rotatable bonds is 3. The molecule has 342 valence electrons. The van der Waals surface area contributed by atoms with Crippen molar-refractivity contribution in [2.24, 2.45) is 0 Å². The van der Waals surface area contributed by atoms with Crippen LogP contribution in [0.4, 0.5) is 0 Å². The Kier molecular flexibility index (Phi) is 38.9. The van der Waals surface area contributed by atoms with Gasteiger partial charge in [0.05, 0.1) is 6.10 Å². The second kappa shape index (κ2) is 42.5. The highest BCUT2D eigenvalue weighted by molar-refractivity contribution is 5.70. The summed E-state index contributed by atoms with van der Waals surface area (Å²) in [7, 11) is 0. The summed E-state index contributed by atoms with van der Waals surface area (Å²) >= 11 is 0. The molecule has 0 aliphatic carbocycles.